The van der Waals surface area contributed by atoms with Crippen LogP contribution in [0.15, 0.2) is 30.3 Å². The van der Waals surface area contributed by atoms with Gasteiger partial charge in [-0.1, -0.05) is 18.2 Å². The van der Waals surface area contributed by atoms with Crippen LogP contribution in [0.2, 0.25) is 0 Å². The standard InChI is InChI=1S/C19H25NO/c1-12-8-13(2)16(5)19(9-12)21-18-7-6-17(10-14(18)3)11-15(4)20/h6-10,15H,11,20H2,1-5H3. The van der Waals surface area contributed by atoms with Gasteiger partial charge in [0.25, 0.3) is 0 Å². The molecule has 2 rings (SSSR count). The molecule has 0 heterocycles. The van der Waals surface area contributed by atoms with Crippen LogP contribution in [-0.4, -0.2) is 6.04 Å². The fourth-order valence-electron chi connectivity index (χ4n) is 2.55. The number of ether oxygens (including phenoxy) is 1. The lowest BCUT2D eigenvalue weighted by Gasteiger charge is -2.15. The van der Waals surface area contributed by atoms with Gasteiger partial charge in [0.05, 0.1) is 0 Å². The van der Waals surface area contributed by atoms with E-state index < -0.39 is 0 Å². The molecule has 0 aliphatic rings. The Morgan fingerprint density at radius 3 is 2.29 bits per heavy atom. The average molecular weight is 283 g/mol. The van der Waals surface area contributed by atoms with Crippen molar-refractivity contribution in [2.75, 3.05) is 0 Å². The first-order valence-electron chi connectivity index (χ1n) is 7.47. The monoisotopic (exact) mass is 283 g/mol. The summed E-state index contributed by atoms with van der Waals surface area (Å²) in [6.45, 7) is 10.4. The molecule has 0 spiro atoms. The molecule has 0 fully saturated rings. The first-order valence-corrected chi connectivity index (χ1v) is 7.47. The van der Waals surface area contributed by atoms with E-state index in [0.717, 1.165) is 23.5 Å². The van der Waals surface area contributed by atoms with E-state index >= 15 is 0 Å². The van der Waals surface area contributed by atoms with Crippen LogP contribution in [0, 0.1) is 27.7 Å². The van der Waals surface area contributed by atoms with Crippen molar-refractivity contribution in [2.24, 2.45) is 5.73 Å². The zero-order chi connectivity index (χ0) is 15.6. The van der Waals surface area contributed by atoms with Crippen LogP contribution in [-0.2, 0) is 6.42 Å². The second-order valence-corrected chi connectivity index (χ2v) is 6.09. The minimum atomic E-state index is 0.179. The van der Waals surface area contributed by atoms with Crippen molar-refractivity contribution in [1.82, 2.24) is 0 Å². The third-order valence-corrected chi connectivity index (χ3v) is 3.78. The average Bonchev–Trinajstić information content (AvgIpc) is 2.37. The van der Waals surface area contributed by atoms with E-state index in [1.807, 2.05) is 13.0 Å². The van der Waals surface area contributed by atoms with E-state index in [1.54, 1.807) is 0 Å². The van der Waals surface area contributed by atoms with E-state index in [0.29, 0.717) is 0 Å². The van der Waals surface area contributed by atoms with Crippen molar-refractivity contribution >= 4 is 0 Å². The van der Waals surface area contributed by atoms with Crippen LogP contribution >= 0.6 is 0 Å². The first-order chi connectivity index (χ1) is 9.86. The number of hydrogen-bond acceptors (Lipinski definition) is 2. The molecule has 0 aliphatic carbocycles. The SMILES string of the molecule is Cc1cc(C)c(C)c(Oc2ccc(CC(C)N)cc2C)c1. The van der Waals surface area contributed by atoms with Crippen LogP contribution in [0.1, 0.15) is 34.7 Å². The molecule has 112 valence electrons. The fraction of sp³-hybridized carbons (Fsp3) is 0.368. The van der Waals surface area contributed by atoms with Gasteiger partial charge in [-0.2, -0.15) is 0 Å². The van der Waals surface area contributed by atoms with Gasteiger partial charge in [-0.05, 0) is 81.0 Å². The number of hydrogen-bond donors (Lipinski definition) is 1. The van der Waals surface area contributed by atoms with Crippen LogP contribution < -0.4 is 10.5 Å². The van der Waals surface area contributed by atoms with Gasteiger partial charge in [0.15, 0.2) is 0 Å². The second kappa shape index (κ2) is 6.31. The summed E-state index contributed by atoms with van der Waals surface area (Å²) < 4.78 is 6.13. The summed E-state index contributed by atoms with van der Waals surface area (Å²) in [7, 11) is 0. The Kier molecular flexibility index (Phi) is 4.69. The van der Waals surface area contributed by atoms with Crippen molar-refractivity contribution in [3.63, 3.8) is 0 Å². The van der Waals surface area contributed by atoms with Crippen molar-refractivity contribution < 1.29 is 4.74 Å². The van der Waals surface area contributed by atoms with Gasteiger partial charge >= 0.3 is 0 Å². The maximum Gasteiger partial charge on any atom is 0.130 e. The number of nitrogens with two attached hydrogens (primary N) is 1. The number of benzene rings is 2. The molecule has 1 atom stereocenters. The van der Waals surface area contributed by atoms with Gasteiger partial charge in [0, 0.05) is 6.04 Å². The Hall–Kier alpha value is -1.80. The Bertz CT molecular complexity index is 644. The highest BCUT2D eigenvalue weighted by Gasteiger charge is 2.08. The molecule has 2 aromatic carbocycles. The lowest BCUT2D eigenvalue weighted by molar-refractivity contribution is 0.474. The van der Waals surface area contributed by atoms with Gasteiger partial charge in [-0.25, -0.2) is 0 Å². The molecule has 2 aromatic rings. The largest absolute Gasteiger partial charge is 0.457 e. The summed E-state index contributed by atoms with van der Waals surface area (Å²) in [6.07, 6.45) is 0.893. The van der Waals surface area contributed by atoms with Gasteiger partial charge in [0.2, 0.25) is 0 Å². The first kappa shape index (κ1) is 15.6. The summed E-state index contributed by atoms with van der Waals surface area (Å²) >= 11 is 0. The molecule has 0 aliphatic heterocycles. The predicted octanol–water partition coefficient (Wildman–Crippen LogP) is 4.60. The lowest BCUT2D eigenvalue weighted by atomic mass is 10.0. The van der Waals surface area contributed by atoms with Crippen molar-refractivity contribution in [3.05, 3.63) is 58.1 Å². The highest BCUT2D eigenvalue weighted by molar-refractivity contribution is 5.46. The Labute approximate surface area is 127 Å². The minimum absolute atomic E-state index is 0.179. The van der Waals surface area contributed by atoms with Crippen molar-refractivity contribution in [2.45, 2.75) is 47.1 Å². The van der Waals surface area contributed by atoms with Crippen LogP contribution in [0.3, 0.4) is 0 Å². The summed E-state index contributed by atoms with van der Waals surface area (Å²) in [6, 6.07) is 10.8. The minimum Gasteiger partial charge on any atom is -0.457 e. The van der Waals surface area contributed by atoms with Crippen LogP contribution in [0.4, 0.5) is 0 Å². The third-order valence-electron chi connectivity index (χ3n) is 3.78. The fourth-order valence-corrected chi connectivity index (χ4v) is 2.55. The van der Waals surface area contributed by atoms with Gasteiger partial charge in [-0.15, -0.1) is 0 Å². The summed E-state index contributed by atoms with van der Waals surface area (Å²) in [4.78, 5) is 0. The van der Waals surface area contributed by atoms with Gasteiger partial charge < -0.3 is 10.5 Å². The maximum absolute atomic E-state index is 6.13. The van der Waals surface area contributed by atoms with Gasteiger partial charge in [0.1, 0.15) is 11.5 Å². The molecular formula is C19H25NO. The topological polar surface area (TPSA) is 35.2 Å². The summed E-state index contributed by atoms with van der Waals surface area (Å²) in [5.74, 6) is 1.85. The molecule has 2 heteroatoms. The molecule has 0 aromatic heterocycles. The second-order valence-electron chi connectivity index (χ2n) is 6.09. The number of rotatable bonds is 4. The molecular weight excluding hydrogens is 258 g/mol. The van der Waals surface area contributed by atoms with Crippen molar-refractivity contribution in [1.29, 1.82) is 0 Å². The maximum atomic E-state index is 6.13. The predicted molar refractivity (Wildman–Crippen MR) is 89.3 cm³/mol. The molecule has 2 nitrogen and oxygen atoms in total. The summed E-state index contributed by atoms with van der Waals surface area (Å²) in [5.41, 5.74) is 11.9. The summed E-state index contributed by atoms with van der Waals surface area (Å²) in [5, 5.41) is 0. The highest BCUT2D eigenvalue weighted by Crippen LogP contribution is 2.30. The molecule has 0 saturated carbocycles. The van der Waals surface area contributed by atoms with Crippen molar-refractivity contribution in [3.8, 4) is 11.5 Å². The van der Waals surface area contributed by atoms with Crippen LogP contribution in [0.5, 0.6) is 11.5 Å². The quantitative estimate of drug-likeness (QED) is 0.889. The van der Waals surface area contributed by atoms with E-state index in [-0.39, 0.29) is 6.04 Å². The molecule has 0 radical (unpaired) electrons. The number of aryl methyl sites for hydroxylation is 3. The van der Waals surface area contributed by atoms with Crippen LogP contribution in [0.25, 0.3) is 0 Å². The van der Waals surface area contributed by atoms with E-state index in [9.17, 15) is 0 Å². The van der Waals surface area contributed by atoms with E-state index in [4.69, 9.17) is 10.5 Å². The smallest absolute Gasteiger partial charge is 0.130 e. The highest BCUT2D eigenvalue weighted by atomic mass is 16.5. The Morgan fingerprint density at radius 2 is 1.67 bits per heavy atom. The molecule has 2 N–H and O–H groups in total. The zero-order valence-electron chi connectivity index (χ0n) is 13.7. The lowest BCUT2D eigenvalue weighted by Crippen LogP contribution is -2.17. The van der Waals surface area contributed by atoms with Gasteiger partial charge in [-0.3, -0.25) is 0 Å². The van der Waals surface area contributed by atoms with E-state index in [1.165, 1.54) is 22.3 Å². The Balaban J connectivity index is 2.28. The normalized spacial score (nSPS) is 12.3. The molecule has 1 unspecified atom stereocenters. The molecule has 0 amide bonds. The molecule has 0 bridgehead atoms. The van der Waals surface area contributed by atoms with E-state index in [2.05, 4.69) is 52.0 Å². The molecule has 21 heavy (non-hydrogen) atoms. The third kappa shape index (κ3) is 3.85. The Morgan fingerprint density at radius 1 is 0.952 bits per heavy atom. The molecule has 0 saturated heterocycles. The zero-order valence-corrected chi connectivity index (χ0v) is 13.7.